The van der Waals surface area contributed by atoms with Gasteiger partial charge in [0.2, 0.25) is 5.95 Å². The number of rotatable bonds is 9. The van der Waals surface area contributed by atoms with Crippen LogP contribution in [0.2, 0.25) is 0 Å². The van der Waals surface area contributed by atoms with Crippen LogP contribution in [0.5, 0.6) is 0 Å². The van der Waals surface area contributed by atoms with Gasteiger partial charge in [0.1, 0.15) is 5.39 Å². The molecule has 0 aliphatic carbocycles. The Morgan fingerprint density at radius 3 is 2.53 bits per heavy atom. The predicted molar refractivity (Wildman–Crippen MR) is 127 cm³/mol. The third kappa shape index (κ3) is 4.31. The van der Waals surface area contributed by atoms with Crippen molar-refractivity contribution in [2.24, 2.45) is 0 Å². The molecule has 0 aliphatic heterocycles. The fraction of sp³-hybridized carbons (Fsp3) is 0.250. The van der Waals surface area contributed by atoms with E-state index in [0.717, 1.165) is 25.3 Å². The van der Waals surface area contributed by atoms with Gasteiger partial charge in [0.15, 0.2) is 11.5 Å². The molecule has 4 aromatic rings. The molecular formula is C24H27N7O. The maximum absolute atomic E-state index is 12.9. The first-order chi connectivity index (χ1) is 15.6. The van der Waals surface area contributed by atoms with Crippen LogP contribution in [0.25, 0.3) is 16.9 Å². The molecule has 164 valence electrons. The molecule has 1 aromatic carbocycles. The second-order valence-corrected chi connectivity index (χ2v) is 7.39. The average molecular weight is 430 g/mol. The zero-order valence-corrected chi connectivity index (χ0v) is 18.4. The first kappa shape index (κ1) is 21.5. The Morgan fingerprint density at radius 2 is 1.88 bits per heavy atom. The van der Waals surface area contributed by atoms with Crippen molar-refractivity contribution in [2.45, 2.75) is 26.9 Å². The maximum atomic E-state index is 12.9. The summed E-state index contributed by atoms with van der Waals surface area (Å²) >= 11 is 0. The standard InChI is InChI=1S/C24H27N7O/c1-4-15-30-23(32)20-16-26-24(28-22(20)31(30)21-9-7-8-14-25-21)27-19-12-10-18(11-13-19)17-29(5-2)6-3/h4,7-14,16H,1,5-6,15,17H2,2-3H3,(H,26,27,28). The van der Waals surface area contributed by atoms with Crippen LogP contribution in [0.4, 0.5) is 11.6 Å². The Hall–Kier alpha value is -3.78. The summed E-state index contributed by atoms with van der Waals surface area (Å²) in [5.74, 6) is 1.02. The van der Waals surface area contributed by atoms with E-state index in [1.54, 1.807) is 27.8 Å². The van der Waals surface area contributed by atoms with Gasteiger partial charge in [0, 0.05) is 24.6 Å². The average Bonchev–Trinajstić information content (AvgIpc) is 3.10. The van der Waals surface area contributed by atoms with Gasteiger partial charge in [-0.2, -0.15) is 4.98 Å². The summed E-state index contributed by atoms with van der Waals surface area (Å²) in [4.78, 5) is 28.7. The van der Waals surface area contributed by atoms with Gasteiger partial charge in [-0.1, -0.05) is 38.1 Å². The molecule has 0 atom stereocenters. The number of nitrogens with zero attached hydrogens (tertiary/aromatic N) is 6. The lowest BCUT2D eigenvalue weighted by atomic mass is 10.2. The van der Waals surface area contributed by atoms with Crippen LogP contribution in [0.1, 0.15) is 19.4 Å². The van der Waals surface area contributed by atoms with Crippen molar-refractivity contribution in [3.63, 3.8) is 0 Å². The van der Waals surface area contributed by atoms with Crippen LogP contribution in [-0.4, -0.2) is 42.3 Å². The van der Waals surface area contributed by atoms with E-state index >= 15 is 0 Å². The monoisotopic (exact) mass is 429 g/mol. The molecule has 0 saturated heterocycles. The number of benzene rings is 1. The lowest BCUT2D eigenvalue weighted by molar-refractivity contribution is 0.296. The zero-order chi connectivity index (χ0) is 22.5. The second kappa shape index (κ2) is 9.57. The molecule has 32 heavy (non-hydrogen) atoms. The van der Waals surface area contributed by atoms with Crippen molar-refractivity contribution in [2.75, 3.05) is 18.4 Å². The van der Waals surface area contributed by atoms with Crippen molar-refractivity contribution < 1.29 is 0 Å². The SMILES string of the molecule is C=CCn1c(=O)c2cnc(Nc3ccc(CN(CC)CC)cc3)nc2n1-c1ccccn1. The molecule has 0 unspecified atom stereocenters. The van der Waals surface area contributed by atoms with Gasteiger partial charge in [0.05, 0.1) is 6.54 Å². The van der Waals surface area contributed by atoms with E-state index in [0.29, 0.717) is 29.3 Å². The number of allylic oxidation sites excluding steroid dienone is 1. The molecule has 0 bridgehead atoms. The Kier molecular flexibility index (Phi) is 6.42. The summed E-state index contributed by atoms with van der Waals surface area (Å²) in [5.41, 5.74) is 2.44. The van der Waals surface area contributed by atoms with Crippen molar-refractivity contribution >= 4 is 22.7 Å². The molecule has 1 N–H and O–H groups in total. The Labute approximate surface area is 186 Å². The smallest absolute Gasteiger partial charge is 0.278 e. The molecule has 0 radical (unpaired) electrons. The van der Waals surface area contributed by atoms with Gasteiger partial charge in [0.25, 0.3) is 5.56 Å². The zero-order valence-electron chi connectivity index (χ0n) is 18.4. The second-order valence-electron chi connectivity index (χ2n) is 7.39. The normalized spacial score (nSPS) is 11.2. The molecule has 3 heterocycles. The Bertz CT molecular complexity index is 1260. The van der Waals surface area contributed by atoms with Crippen LogP contribution in [0.15, 0.2) is 72.3 Å². The highest BCUT2D eigenvalue weighted by Gasteiger charge is 2.17. The van der Waals surface area contributed by atoms with Gasteiger partial charge in [-0.3, -0.25) is 9.69 Å². The molecule has 8 heteroatoms. The van der Waals surface area contributed by atoms with Crippen LogP contribution in [-0.2, 0) is 13.1 Å². The van der Waals surface area contributed by atoms with Gasteiger partial charge in [-0.15, -0.1) is 6.58 Å². The Balaban J connectivity index is 1.68. The summed E-state index contributed by atoms with van der Waals surface area (Å²) in [6.07, 6.45) is 4.91. The number of aromatic nitrogens is 5. The summed E-state index contributed by atoms with van der Waals surface area (Å²) in [6.45, 7) is 11.4. The third-order valence-electron chi connectivity index (χ3n) is 5.35. The van der Waals surface area contributed by atoms with E-state index in [-0.39, 0.29) is 5.56 Å². The number of nitrogens with one attached hydrogen (secondary N) is 1. The predicted octanol–water partition coefficient (Wildman–Crippen LogP) is 3.75. The Morgan fingerprint density at radius 1 is 1.09 bits per heavy atom. The number of anilines is 2. The highest BCUT2D eigenvalue weighted by Crippen LogP contribution is 2.19. The van der Waals surface area contributed by atoms with Gasteiger partial charge >= 0.3 is 0 Å². The quantitative estimate of drug-likeness (QED) is 0.408. The lowest BCUT2D eigenvalue weighted by Gasteiger charge is -2.18. The first-order valence-electron chi connectivity index (χ1n) is 10.7. The van der Waals surface area contributed by atoms with E-state index in [2.05, 4.69) is 57.7 Å². The molecule has 0 aliphatic rings. The van der Waals surface area contributed by atoms with Crippen LogP contribution < -0.4 is 10.9 Å². The lowest BCUT2D eigenvalue weighted by Crippen LogP contribution is -2.22. The van der Waals surface area contributed by atoms with Crippen LogP contribution in [0.3, 0.4) is 0 Å². The maximum Gasteiger partial charge on any atom is 0.278 e. The summed E-state index contributed by atoms with van der Waals surface area (Å²) in [7, 11) is 0. The van der Waals surface area contributed by atoms with E-state index in [9.17, 15) is 4.79 Å². The minimum atomic E-state index is -0.183. The molecule has 4 rings (SSSR count). The van der Waals surface area contributed by atoms with Crippen LogP contribution >= 0.6 is 0 Å². The highest BCUT2D eigenvalue weighted by molar-refractivity contribution is 5.77. The number of hydrogen-bond donors (Lipinski definition) is 1. The molecule has 0 saturated carbocycles. The van der Waals surface area contributed by atoms with Crippen molar-refractivity contribution in [1.29, 1.82) is 0 Å². The van der Waals surface area contributed by atoms with E-state index in [4.69, 9.17) is 0 Å². The van der Waals surface area contributed by atoms with E-state index < -0.39 is 0 Å². The largest absolute Gasteiger partial charge is 0.324 e. The van der Waals surface area contributed by atoms with Crippen molar-refractivity contribution in [3.8, 4) is 5.82 Å². The molecule has 3 aromatic heterocycles. The minimum absolute atomic E-state index is 0.183. The fourth-order valence-corrected chi connectivity index (χ4v) is 3.62. The molecule has 0 amide bonds. The number of pyridine rings is 1. The first-order valence-corrected chi connectivity index (χ1v) is 10.7. The number of hydrogen-bond acceptors (Lipinski definition) is 6. The molecule has 8 nitrogen and oxygen atoms in total. The van der Waals surface area contributed by atoms with Crippen LogP contribution in [0, 0.1) is 0 Å². The summed E-state index contributed by atoms with van der Waals surface area (Å²) in [6, 6.07) is 13.8. The molecule has 0 spiro atoms. The highest BCUT2D eigenvalue weighted by atomic mass is 16.1. The minimum Gasteiger partial charge on any atom is -0.324 e. The summed E-state index contributed by atoms with van der Waals surface area (Å²) < 4.78 is 3.26. The topological polar surface area (TPSA) is 80.9 Å². The van der Waals surface area contributed by atoms with Gasteiger partial charge in [-0.05, 0) is 42.9 Å². The molecular weight excluding hydrogens is 402 g/mol. The summed E-state index contributed by atoms with van der Waals surface area (Å²) in [5, 5.41) is 3.67. The van der Waals surface area contributed by atoms with Gasteiger partial charge in [-0.25, -0.2) is 19.3 Å². The fourth-order valence-electron chi connectivity index (χ4n) is 3.62. The molecule has 0 fully saturated rings. The van der Waals surface area contributed by atoms with E-state index in [1.165, 1.54) is 5.56 Å². The number of fused-ring (bicyclic) bond motifs is 1. The van der Waals surface area contributed by atoms with Crippen molar-refractivity contribution in [3.05, 3.63) is 83.4 Å². The third-order valence-corrected chi connectivity index (χ3v) is 5.35. The van der Waals surface area contributed by atoms with Crippen molar-refractivity contribution in [1.82, 2.24) is 29.2 Å². The van der Waals surface area contributed by atoms with E-state index in [1.807, 2.05) is 30.3 Å². The van der Waals surface area contributed by atoms with Gasteiger partial charge < -0.3 is 5.32 Å².